The van der Waals surface area contributed by atoms with Crippen LogP contribution in [0, 0.1) is 10.1 Å². The summed E-state index contributed by atoms with van der Waals surface area (Å²) in [7, 11) is -4.11. The van der Waals surface area contributed by atoms with E-state index in [-0.39, 0.29) is 45.3 Å². The van der Waals surface area contributed by atoms with Gasteiger partial charge < -0.3 is 4.74 Å². The predicted molar refractivity (Wildman–Crippen MR) is 127 cm³/mol. The first-order valence-corrected chi connectivity index (χ1v) is 12.1. The lowest BCUT2D eigenvalue weighted by atomic mass is 10.0. The number of nitro groups is 1. The number of sulfonamides is 1. The Bertz CT molecular complexity index is 1450. The largest absolute Gasteiger partial charge is 0.420 e. The summed E-state index contributed by atoms with van der Waals surface area (Å²) < 4.78 is 33.6. The first-order chi connectivity index (χ1) is 16.8. The molecule has 0 unspecified atom stereocenters. The van der Waals surface area contributed by atoms with Crippen molar-refractivity contribution < 1.29 is 27.7 Å². The normalized spacial score (nSPS) is 14.3. The van der Waals surface area contributed by atoms with Crippen molar-refractivity contribution >= 4 is 33.2 Å². The van der Waals surface area contributed by atoms with E-state index in [9.17, 15) is 28.1 Å². The fourth-order valence-corrected chi connectivity index (χ4v) is 5.47. The number of Topliss-reactive ketones (excluding diaryl/α,β-unsaturated/α-hetero) is 1. The van der Waals surface area contributed by atoms with E-state index in [4.69, 9.17) is 4.74 Å². The van der Waals surface area contributed by atoms with Crippen molar-refractivity contribution in [2.24, 2.45) is 0 Å². The summed E-state index contributed by atoms with van der Waals surface area (Å²) in [6.45, 7) is 1.76. The molecule has 178 valence electrons. The summed E-state index contributed by atoms with van der Waals surface area (Å²) in [6, 6.07) is 18.8. The summed E-state index contributed by atoms with van der Waals surface area (Å²) in [6.07, 6.45) is 0.399. The lowest BCUT2D eigenvalue weighted by molar-refractivity contribution is -0.384. The van der Waals surface area contributed by atoms with Crippen LogP contribution < -0.4 is 0 Å². The number of fused-ring (bicyclic) bond motifs is 1. The molecule has 0 fully saturated rings. The molecule has 1 aliphatic rings. The zero-order valence-electron chi connectivity index (χ0n) is 18.6. The van der Waals surface area contributed by atoms with E-state index < -0.39 is 26.7 Å². The minimum atomic E-state index is -4.11. The van der Waals surface area contributed by atoms with Gasteiger partial charge in [0.05, 0.1) is 15.4 Å². The Morgan fingerprint density at radius 1 is 0.914 bits per heavy atom. The van der Waals surface area contributed by atoms with Crippen molar-refractivity contribution in [3.05, 3.63) is 111 Å². The van der Waals surface area contributed by atoms with Gasteiger partial charge in [-0.1, -0.05) is 49.4 Å². The molecule has 0 bridgehead atoms. The van der Waals surface area contributed by atoms with E-state index in [1.54, 1.807) is 49.4 Å². The first kappa shape index (κ1) is 23.8. The SMILES string of the molecule is CCCN1C(C(=O)c2ccccc2)=C(OC(=O)c2ccc([N+](=O)[O-])cc2)c2ccccc2S1(=O)=O. The Hall–Kier alpha value is -4.31. The van der Waals surface area contributed by atoms with Crippen molar-refractivity contribution in [2.75, 3.05) is 6.54 Å². The topological polar surface area (TPSA) is 124 Å². The number of carbonyl (C=O) groups excluding carboxylic acids is 2. The molecule has 4 rings (SSSR count). The first-order valence-electron chi connectivity index (χ1n) is 10.7. The van der Waals surface area contributed by atoms with E-state index >= 15 is 0 Å². The molecule has 0 N–H and O–H groups in total. The predicted octanol–water partition coefficient (Wildman–Crippen LogP) is 4.42. The summed E-state index contributed by atoms with van der Waals surface area (Å²) in [4.78, 5) is 36.9. The second kappa shape index (κ2) is 9.51. The number of nitrogens with zero attached hydrogens (tertiary/aromatic N) is 2. The van der Waals surface area contributed by atoms with Crippen LogP contribution in [0.25, 0.3) is 5.76 Å². The Labute approximate surface area is 201 Å². The molecule has 0 radical (unpaired) electrons. The number of nitro benzene ring substituents is 1. The minimum Gasteiger partial charge on any atom is -0.420 e. The van der Waals surface area contributed by atoms with Crippen LogP contribution in [-0.4, -0.2) is 35.9 Å². The fraction of sp³-hybridized carbons (Fsp3) is 0.120. The molecule has 35 heavy (non-hydrogen) atoms. The maximum absolute atomic E-state index is 13.6. The molecule has 3 aromatic carbocycles. The molecule has 0 amide bonds. The van der Waals surface area contributed by atoms with Crippen LogP contribution in [0.4, 0.5) is 5.69 Å². The zero-order chi connectivity index (χ0) is 25.2. The lowest BCUT2D eigenvalue weighted by Crippen LogP contribution is -2.39. The van der Waals surface area contributed by atoms with Crippen molar-refractivity contribution in [3.8, 4) is 0 Å². The molecule has 0 saturated heterocycles. The van der Waals surface area contributed by atoms with Gasteiger partial charge in [0.1, 0.15) is 5.70 Å². The smallest absolute Gasteiger partial charge is 0.343 e. The van der Waals surface area contributed by atoms with E-state index in [0.717, 1.165) is 16.4 Å². The number of non-ortho nitro benzene ring substituents is 1. The quantitative estimate of drug-likeness (QED) is 0.207. The molecule has 10 heteroatoms. The molecule has 0 aliphatic carbocycles. The second-order valence-corrected chi connectivity index (χ2v) is 9.47. The molecular formula is C25H20N2O7S. The number of hydrogen-bond donors (Lipinski definition) is 0. The molecule has 9 nitrogen and oxygen atoms in total. The lowest BCUT2D eigenvalue weighted by Gasteiger charge is -2.32. The molecule has 0 aromatic heterocycles. The zero-order valence-corrected chi connectivity index (χ0v) is 19.4. The van der Waals surface area contributed by atoms with E-state index in [2.05, 4.69) is 0 Å². The molecule has 1 aliphatic heterocycles. The number of ketones is 1. The Morgan fingerprint density at radius 2 is 1.54 bits per heavy atom. The third-order valence-corrected chi connectivity index (χ3v) is 7.21. The number of hydrogen-bond acceptors (Lipinski definition) is 7. The van der Waals surface area contributed by atoms with Crippen LogP contribution in [0.2, 0.25) is 0 Å². The van der Waals surface area contributed by atoms with Crippen molar-refractivity contribution in [1.82, 2.24) is 4.31 Å². The van der Waals surface area contributed by atoms with Crippen molar-refractivity contribution in [2.45, 2.75) is 18.2 Å². The number of benzene rings is 3. The summed E-state index contributed by atoms with van der Waals surface area (Å²) >= 11 is 0. The highest BCUT2D eigenvalue weighted by Gasteiger charge is 2.41. The highest BCUT2D eigenvalue weighted by atomic mass is 32.2. The van der Waals surface area contributed by atoms with Crippen LogP contribution in [0.5, 0.6) is 0 Å². The number of ether oxygens (including phenoxy) is 1. The van der Waals surface area contributed by atoms with Gasteiger partial charge in [0.15, 0.2) is 5.76 Å². The van der Waals surface area contributed by atoms with Gasteiger partial charge in [-0.3, -0.25) is 19.2 Å². The summed E-state index contributed by atoms with van der Waals surface area (Å²) in [5, 5.41) is 10.9. The third-order valence-electron chi connectivity index (χ3n) is 5.35. The van der Waals surface area contributed by atoms with Gasteiger partial charge in [-0.05, 0) is 30.7 Å². The van der Waals surface area contributed by atoms with Crippen molar-refractivity contribution in [3.63, 3.8) is 0 Å². The standard InChI is InChI=1S/C25H20N2O7S/c1-2-16-26-22(23(28)17-8-4-3-5-9-17)24(20-10-6-7-11-21(20)35(26,32)33)34-25(29)18-12-14-19(15-13-18)27(30)31/h3-15H,2,16H2,1H3. The van der Waals surface area contributed by atoms with Gasteiger partial charge in [0.2, 0.25) is 5.78 Å². The fourth-order valence-electron chi connectivity index (χ4n) is 3.71. The molecule has 0 saturated carbocycles. The second-order valence-electron chi connectivity index (χ2n) is 7.64. The van der Waals surface area contributed by atoms with Gasteiger partial charge in [0.25, 0.3) is 15.7 Å². The van der Waals surface area contributed by atoms with Crippen LogP contribution in [0.15, 0.2) is 89.5 Å². The highest BCUT2D eigenvalue weighted by molar-refractivity contribution is 7.89. The van der Waals surface area contributed by atoms with E-state index in [0.29, 0.717) is 6.42 Å². The van der Waals surface area contributed by atoms with Gasteiger partial charge in [-0.25, -0.2) is 13.2 Å². The minimum absolute atomic E-state index is 0.00237. The molecule has 0 atom stereocenters. The number of carbonyl (C=O) groups is 2. The average molecular weight is 493 g/mol. The Kier molecular flexibility index (Phi) is 6.48. The molecular weight excluding hydrogens is 472 g/mol. The molecule has 0 spiro atoms. The summed E-state index contributed by atoms with van der Waals surface area (Å²) in [5.41, 5.74) is -0.171. The number of esters is 1. The van der Waals surface area contributed by atoms with Crippen LogP contribution in [0.3, 0.4) is 0 Å². The number of allylic oxidation sites excluding steroid dienone is 1. The van der Waals surface area contributed by atoms with E-state index in [1.807, 2.05) is 0 Å². The summed E-state index contributed by atoms with van der Waals surface area (Å²) in [5.74, 6) is -1.71. The molecule has 1 heterocycles. The highest BCUT2D eigenvalue weighted by Crippen LogP contribution is 2.39. The van der Waals surface area contributed by atoms with Crippen LogP contribution >= 0.6 is 0 Å². The monoisotopic (exact) mass is 492 g/mol. The van der Waals surface area contributed by atoms with Crippen molar-refractivity contribution in [1.29, 1.82) is 0 Å². The van der Waals surface area contributed by atoms with Crippen LogP contribution in [0.1, 0.15) is 39.6 Å². The Balaban J connectivity index is 1.90. The number of rotatable bonds is 7. The average Bonchev–Trinajstić information content (AvgIpc) is 2.87. The van der Waals surface area contributed by atoms with Gasteiger partial charge in [-0.2, -0.15) is 0 Å². The maximum Gasteiger partial charge on any atom is 0.343 e. The Morgan fingerprint density at radius 3 is 2.17 bits per heavy atom. The van der Waals surface area contributed by atoms with Crippen LogP contribution in [-0.2, 0) is 14.8 Å². The van der Waals surface area contributed by atoms with Gasteiger partial charge >= 0.3 is 5.97 Å². The maximum atomic E-state index is 13.6. The van der Waals surface area contributed by atoms with E-state index in [1.165, 1.54) is 24.3 Å². The van der Waals surface area contributed by atoms with Gasteiger partial charge in [0, 0.05) is 29.8 Å². The van der Waals surface area contributed by atoms with Gasteiger partial charge in [-0.15, -0.1) is 0 Å². The molecule has 3 aromatic rings. The third kappa shape index (κ3) is 4.43.